The molecule has 3 heteroatoms. The first-order valence-electron chi connectivity index (χ1n) is 15.4. The SMILES string of the molecule is c1ccc(N(c2ccccc2)c2cc(-n3c4ccccc4c4ccccc43)c3c(c2)c2ccccc2n3-c2ccccc2)cc1. The summed E-state index contributed by atoms with van der Waals surface area (Å²) in [5.74, 6) is 0. The lowest BCUT2D eigenvalue weighted by atomic mass is 10.1. The topological polar surface area (TPSA) is 13.1 Å². The molecule has 0 atom stereocenters. The molecule has 0 aliphatic carbocycles. The van der Waals surface area contributed by atoms with Crippen molar-refractivity contribution >= 4 is 60.7 Å². The van der Waals surface area contributed by atoms with Gasteiger partial charge in [-0.1, -0.05) is 109 Å². The van der Waals surface area contributed by atoms with Crippen molar-refractivity contribution in [2.24, 2.45) is 0 Å². The normalized spacial score (nSPS) is 11.6. The second kappa shape index (κ2) is 10.3. The molecule has 0 unspecified atom stereocenters. The van der Waals surface area contributed by atoms with E-state index in [2.05, 4.69) is 190 Å². The van der Waals surface area contributed by atoms with Gasteiger partial charge in [-0.05, 0) is 66.7 Å². The minimum Gasteiger partial charge on any atom is -0.310 e. The number of para-hydroxylation sites is 6. The first-order chi connectivity index (χ1) is 22.4. The van der Waals surface area contributed by atoms with E-state index in [1.54, 1.807) is 0 Å². The Balaban J connectivity index is 1.49. The van der Waals surface area contributed by atoms with E-state index in [1.165, 1.54) is 43.6 Å². The number of rotatable bonds is 5. The third kappa shape index (κ3) is 3.98. The molecule has 0 N–H and O–H groups in total. The monoisotopic (exact) mass is 575 g/mol. The smallest absolute Gasteiger partial charge is 0.0784 e. The molecule has 0 fully saturated rings. The van der Waals surface area contributed by atoms with Gasteiger partial charge in [0.05, 0.1) is 27.8 Å². The van der Waals surface area contributed by atoms with E-state index in [9.17, 15) is 0 Å². The molecule has 0 bridgehead atoms. The molecule has 0 radical (unpaired) electrons. The number of aromatic nitrogens is 2. The predicted molar refractivity (Wildman–Crippen MR) is 190 cm³/mol. The summed E-state index contributed by atoms with van der Waals surface area (Å²) in [6.07, 6.45) is 0. The number of hydrogen-bond donors (Lipinski definition) is 0. The van der Waals surface area contributed by atoms with Crippen molar-refractivity contribution < 1.29 is 0 Å². The fourth-order valence-corrected chi connectivity index (χ4v) is 6.99. The molecule has 0 aliphatic heterocycles. The van der Waals surface area contributed by atoms with Gasteiger partial charge in [0.25, 0.3) is 0 Å². The van der Waals surface area contributed by atoms with Gasteiger partial charge in [-0.15, -0.1) is 0 Å². The van der Waals surface area contributed by atoms with Crippen molar-refractivity contribution in [2.75, 3.05) is 4.90 Å². The summed E-state index contributed by atoms with van der Waals surface area (Å²) in [6.45, 7) is 0. The van der Waals surface area contributed by atoms with Crippen molar-refractivity contribution in [2.45, 2.75) is 0 Å². The van der Waals surface area contributed by atoms with Crippen molar-refractivity contribution in [3.63, 3.8) is 0 Å². The van der Waals surface area contributed by atoms with E-state index >= 15 is 0 Å². The average Bonchev–Trinajstić information content (AvgIpc) is 3.63. The highest BCUT2D eigenvalue weighted by Crippen LogP contribution is 2.44. The first kappa shape index (κ1) is 25.4. The molecule has 3 nitrogen and oxygen atoms in total. The number of anilines is 3. The maximum Gasteiger partial charge on any atom is 0.0784 e. The predicted octanol–water partition coefficient (Wildman–Crippen LogP) is 11.4. The van der Waals surface area contributed by atoms with Crippen LogP contribution in [0.4, 0.5) is 17.1 Å². The molecule has 2 aromatic heterocycles. The van der Waals surface area contributed by atoms with E-state index in [0.29, 0.717) is 0 Å². The Morgan fingerprint density at radius 1 is 0.333 bits per heavy atom. The highest BCUT2D eigenvalue weighted by molar-refractivity contribution is 6.16. The van der Waals surface area contributed by atoms with Crippen LogP contribution in [0.25, 0.3) is 55.0 Å². The molecular weight excluding hydrogens is 546 g/mol. The Bertz CT molecular complexity index is 2380. The van der Waals surface area contributed by atoms with Gasteiger partial charge in [-0.25, -0.2) is 0 Å². The van der Waals surface area contributed by atoms with Gasteiger partial charge in [-0.3, -0.25) is 0 Å². The van der Waals surface area contributed by atoms with Crippen molar-refractivity contribution in [3.05, 3.63) is 176 Å². The largest absolute Gasteiger partial charge is 0.310 e. The first-order valence-corrected chi connectivity index (χ1v) is 15.4. The van der Waals surface area contributed by atoms with Crippen LogP contribution in [0.5, 0.6) is 0 Å². The molecule has 0 amide bonds. The quantitative estimate of drug-likeness (QED) is 0.199. The van der Waals surface area contributed by atoms with E-state index in [4.69, 9.17) is 0 Å². The van der Waals surface area contributed by atoms with Crippen molar-refractivity contribution in [1.29, 1.82) is 0 Å². The Kier molecular flexibility index (Phi) is 5.82. The van der Waals surface area contributed by atoms with Crippen LogP contribution in [0.2, 0.25) is 0 Å². The molecule has 0 saturated heterocycles. The minimum absolute atomic E-state index is 1.10. The highest BCUT2D eigenvalue weighted by Gasteiger charge is 2.23. The van der Waals surface area contributed by atoms with Crippen LogP contribution in [0.3, 0.4) is 0 Å². The lowest BCUT2D eigenvalue weighted by Crippen LogP contribution is -2.11. The van der Waals surface area contributed by atoms with Gasteiger partial charge in [0.15, 0.2) is 0 Å². The molecule has 45 heavy (non-hydrogen) atoms. The number of benzene rings is 7. The molecule has 9 aromatic rings. The molecule has 0 saturated carbocycles. The van der Waals surface area contributed by atoms with E-state index in [-0.39, 0.29) is 0 Å². The summed E-state index contributed by atoms with van der Waals surface area (Å²) >= 11 is 0. The molecule has 2 heterocycles. The number of fused-ring (bicyclic) bond motifs is 6. The van der Waals surface area contributed by atoms with Crippen LogP contribution in [0, 0.1) is 0 Å². The van der Waals surface area contributed by atoms with Crippen LogP contribution in [-0.4, -0.2) is 9.13 Å². The molecule has 9 rings (SSSR count). The Morgan fingerprint density at radius 2 is 0.756 bits per heavy atom. The van der Waals surface area contributed by atoms with E-state index in [1.807, 2.05) is 0 Å². The lowest BCUT2D eigenvalue weighted by molar-refractivity contribution is 1.13. The summed E-state index contributed by atoms with van der Waals surface area (Å²) in [4.78, 5) is 2.37. The van der Waals surface area contributed by atoms with Gasteiger partial charge in [0.2, 0.25) is 0 Å². The van der Waals surface area contributed by atoms with Gasteiger partial charge in [0, 0.05) is 44.3 Å². The summed E-state index contributed by atoms with van der Waals surface area (Å²) in [5, 5.41) is 4.93. The Hall–Kier alpha value is -6.06. The van der Waals surface area contributed by atoms with E-state index < -0.39 is 0 Å². The summed E-state index contributed by atoms with van der Waals surface area (Å²) < 4.78 is 4.89. The van der Waals surface area contributed by atoms with Crippen LogP contribution in [0.1, 0.15) is 0 Å². The van der Waals surface area contributed by atoms with Crippen LogP contribution in [0.15, 0.2) is 176 Å². The van der Waals surface area contributed by atoms with Crippen LogP contribution in [-0.2, 0) is 0 Å². The molecule has 7 aromatic carbocycles. The molecular formula is C42H29N3. The maximum absolute atomic E-state index is 2.46. The average molecular weight is 576 g/mol. The molecule has 0 aliphatic rings. The Labute approximate surface area is 261 Å². The maximum atomic E-state index is 2.46. The third-order valence-electron chi connectivity index (χ3n) is 8.86. The molecule has 212 valence electrons. The van der Waals surface area contributed by atoms with Crippen LogP contribution >= 0.6 is 0 Å². The second-order valence-corrected chi connectivity index (χ2v) is 11.4. The fourth-order valence-electron chi connectivity index (χ4n) is 6.99. The van der Waals surface area contributed by atoms with Gasteiger partial charge in [0.1, 0.15) is 0 Å². The van der Waals surface area contributed by atoms with E-state index in [0.717, 1.165) is 28.4 Å². The third-order valence-corrected chi connectivity index (χ3v) is 8.86. The highest BCUT2D eigenvalue weighted by atomic mass is 15.1. The van der Waals surface area contributed by atoms with Crippen molar-refractivity contribution in [1.82, 2.24) is 9.13 Å². The van der Waals surface area contributed by atoms with Gasteiger partial charge < -0.3 is 14.0 Å². The standard InChI is InChI=1S/C42H29N3/c1-4-16-30(17-5-1)43(31-18-6-2-7-19-31)33-28-37-36-24-12-13-25-38(36)44(32-20-8-3-9-21-32)42(37)41(29-33)45-39-26-14-10-22-34(39)35-23-11-15-27-40(35)45/h1-29H. The zero-order valence-electron chi connectivity index (χ0n) is 24.6. The zero-order valence-corrected chi connectivity index (χ0v) is 24.6. The summed E-state index contributed by atoms with van der Waals surface area (Å²) in [6, 6.07) is 63.1. The molecule has 0 spiro atoms. The Morgan fingerprint density at radius 3 is 1.29 bits per heavy atom. The lowest BCUT2D eigenvalue weighted by Gasteiger charge is -2.27. The van der Waals surface area contributed by atoms with Crippen LogP contribution < -0.4 is 4.90 Å². The van der Waals surface area contributed by atoms with Crippen molar-refractivity contribution in [3.8, 4) is 11.4 Å². The van der Waals surface area contributed by atoms with Gasteiger partial charge >= 0.3 is 0 Å². The minimum atomic E-state index is 1.10. The summed E-state index contributed by atoms with van der Waals surface area (Å²) in [7, 11) is 0. The zero-order chi connectivity index (χ0) is 29.7. The number of hydrogen-bond acceptors (Lipinski definition) is 1. The fraction of sp³-hybridized carbons (Fsp3) is 0. The van der Waals surface area contributed by atoms with Gasteiger partial charge in [-0.2, -0.15) is 0 Å². The number of nitrogens with zero attached hydrogens (tertiary/aromatic N) is 3. The summed E-state index contributed by atoms with van der Waals surface area (Å²) in [5.41, 5.74) is 10.3. The second-order valence-electron chi connectivity index (χ2n) is 11.4.